The Kier molecular flexibility index (Phi) is 3.11. The van der Waals surface area contributed by atoms with Crippen LogP contribution in [0, 0.1) is 6.92 Å². The van der Waals surface area contributed by atoms with Crippen LogP contribution < -0.4 is 0 Å². The van der Waals surface area contributed by atoms with Crippen molar-refractivity contribution in [1.82, 2.24) is 0 Å². The molecule has 0 saturated carbocycles. The van der Waals surface area contributed by atoms with Crippen molar-refractivity contribution < 1.29 is 4.79 Å². The Bertz CT molecular complexity index is 298. The highest BCUT2D eigenvalue weighted by Gasteiger charge is 1.87. The van der Waals surface area contributed by atoms with Crippen LogP contribution in [-0.2, 0) is 4.79 Å². The van der Waals surface area contributed by atoms with Crippen molar-refractivity contribution in [1.29, 1.82) is 0 Å². The van der Waals surface area contributed by atoms with E-state index in [2.05, 4.69) is 12.6 Å². The zero-order valence-corrected chi connectivity index (χ0v) is 7.71. The molecule has 1 nitrogen and oxygen atoms in total. The zero-order chi connectivity index (χ0) is 8.97. The minimum Gasteiger partial charge on any atom is -0.283 e. The van der Waals surface area contributed by atoms with Gasteiger partial charge in [-0.25, -0.2) is 0 Å². The van der Waals surface area contributed by atoms with Crippen LogP contribution in [-0.4, -0.2) is 5.12 Å². The predicted molar refractivity (Wildman–Crippen MR) is 54.2 cm³/mol. The summed E-state index contributed by atoms with van der Waals surface area (Å²) in [6.45, 7) is 2.03. The average molecular weight is 178 g/mol. The lowest BCUT2D eigenvalue weighted by Gasteiger charge is -1.92. The third-order valence-electron chi connectivity index (χ3n) is 1.50. The molecule has 0 radical (unpaired) electrons. The lowest BCUT2D eigenvalue weighted by molar-refractivity contribution is -0.106. The first-order valence-corrected chi connectivity index (χ1v) is 4.11. The summed E-state index contributed by atoms with van der Waals surface area (Å²) in [7, 11) is 0. The number of thiol groups is 1. The smallest absolute Gasteiger partial charge is 0.209 e. The summed E-state index contributed by atoms with van der Waals surface area (Å²) in [5.74, 6) is 0. The van der Waals surface area contributed by atoms with Crippen LogP contribution in [0.3, 0.4) is 0 Å². The molecule has 0 amide bonds. The molecule has 0 bridgehead atoms. The van der Waals surface area contributed by atoms with Gasteiger partial charge in [-0.1, -0.05) is 35.9 Å². The second-order valence-electron chi connectivity index (χ2n) is 2.58. The molecule has 1 rings (SSSR count). The van der Waals surface area contributed by atoms with E-state index in [0.717, 1.165) is 5.56 Å². The monoisotopic (exact) mass is 178 g/mol. The third kappa shape index (κ3) is 2.93. The van der Waals surface area contributed by atoms with Crippen LogP contribution >= 0.6 is 12.6 Å². The maximum atomic E-state index is 10.5. The van der Waals surface area contributed by atoms with Crippen LogP contribution in [0.2, 0.25) is 0 Å². The standard InChI is InChI=1S/C10H10OS/c1-8-2-4-9(5-3-8)6-7-10(11)12/h2-7H,1H3,(H,11,12)/b7-6+. The van der Waals surface area contributed by atoms with Gasteiger partial charge in [0.1, 0.15) is 0 Å². The molecule has 0 heterocycles. The fourth-order valence-corrected chi connectivity index (χ4v) is 0.920. The van der Waals surface area contributed by atoms with E-state index in [4.69, 9.17) is 0 Å². The fourth-order valence-electron chi connectivity index (χ4n) is 0.845. The van der Waals surface area contributed by atoms with Gasteiger partial charge in [0.15, 0.2) is 0 Å². The average Bonchev–Trinajstić information content (AvgIpc) is 2.03. The molecule has 0 aliphatic rings. The Labute approximate surface area is 77.5 Å². The summed E-state index contributed by atoms with van der Waals surface area (Å²) < 4.78 is 0. The minimum atomic E-state index is -0.226. The summed E-state index contributed by atoms with van der Waals surface area (Å²) in [6, 6.07) is 7.93. The highest BCUT2D eigenvalue weighted by atomic mass is 32.1. The van der Waals surface area contributed by atoms with Crippen LogP contribution in [0.4, 0.5) is 0 Å². The van der Waals surface area contributed by atoms with Gasteiger partial charge in [-0.3, -0.25) is 4.79 Å². The van der Waals surface area contributed by atoms with Gasteiger partial charge < -0.3 is 0 Å². The Balaban J connectivity index is 2.77. The van der Waals surface area contributed by atoms with Crippen molar-refractivity contribution in [2.45, 2.75) is 6.92 Å². The number of carbonyl (C=O) groups excluding carboxylic acids is 1. The normalized spacial score (nSPS) is 10.5. The molecule has 0 fully saturated rings. The van der Waals surface area contributed by atoms with E-state index < -0.39 is 0 Å². The molecule has 0 aliphatic heterocycles. The summed E-state index contributed by atoms with van der Waals surface area (Å²) in [5.41, 5.74) is 2.23. The molecule has 1 aromatic rings. The van der Waals surface area contributed by atoms with Gasteiger partial charge in [0.25, 0.3) is 0 Å². The Morgan fingerprint density at radius 3 is 2.42 bits per heavy atom. The number of hydrogen-bond acceptors (Lipinski definition) is 1. The largest absolute Gasteiger partial charge is 0.283 e. The zero-order valence-electron chi connectivity index (χ0n) is 6.82. The number of benzene rings is 1. The molecule has 0 aliphatic carbocycles. The van der Waals surface area contributed by atoms with Gasteiger partial charge in [-0.2, -0.15) is 0 Å². The Hall–Kier alpha value is -1.02. The van der Waals surface area contributed by atoms with Crippen LogP contribution in [0.15, 0.2) is 30.3 Å². The number of aryl methyl sites for hydroxylation is 1. The van der Waals surface area contributed by atoms with Gasteiger partial charge in [0.05, 0.1) is 0 Å². The molecule has 0 spiro atoms. The first-order chi connectivity index (χ1) is 5.68. The SMILES string of the molecule is Cc1ccc(/C=C/C(=O)S)cc1. The van der Waals surface area contributed by atoms with Crippen molar-refractivity contribution in [3.8, 4) is 0 Å². The summed E-state index contributed by atoms with van der Waals surface area (Å²) >= 11 is 3.62. The van der Waals surface area contributed by atoms with Crippen molar-refractivity contribution >= 4 is 23.8 Å². The van der Waals surface area contributed by atoms with Crippen LogP contribution in [0.25, 0.3) is 6.08 Å². The molecule has 0 saturated heterocycles. The van der Waals surface area contributed by atoms with Crippen molar-refractivity contribution in [2.24, 2.45) is 0 Å². The van der Waals surface area contributed by atoms with Crippen molar-refractivity contribution in [3.05, 3.63) is 41.5 Å². The topological polar surface area (TPSA) is 17.1 Å². The molecule has 62 valence electrons. The highest BCUT2D eigenvalue weighted by Crippen LogP contribution is 2.04. The van der Waals surface area contributed by atoms with Gasteiger partial charge in [-0.15, -0.1) is 12.6 Å². The lowest BCUT2D eigenvalue weighted by Crippen LogP contribution is -1.77. The highest BCUT2D eigenvalue weighted by molar-refractivity contribution is 7.97. The van der Waals surface area contributed by atoms with Crippen LogP contribution in [0.1, 0.15) is 11.1 Å². The van der Waals surface area contributed by atoms with Crippen molar-refractivity contribution in [3.63, 3.8) is 0 Å². The van der Waals surface area contributed by atoms with Gasteiger partial charge in [0.2, 0.25) is 5.12 Å². The fraction of sp³-hybridized carbons (Fsp3) is 0.100. The maximum Gasteiger partial charge on any atom is 0.209 e. The first kappa shape index (κ1) is 9.07. The minimum absolute atomic E-state index is 0.226. The Morgan fingerprint density at radius 1 is 1.33 bits per heavy atom. The van der Waals surface area contributed by atoms with Crippen molar-refractivity contribution in [2.75, 3.05) is 0 Å². The molecule has 2 heteroatoms. The predicted octanol–water partition coefficient (Wildman–Crippen LogP) is 2.46. The van der Waals surface area contributed by atoms with E-state index >= 15 is 0 Å². The Morgan fingerprint density at radius 2 is 1.92 bits per heavy atom. The summed E-state index contributed by atoms with van der Waals surface area (Å²) in [5, 5.41) is -0.226. The molecule has 0 aromatic heterocycles. The van der Waals surface area contributed by atoms with Crippen LogP contribution in [0.5, 0.6) is 0 Å². The molecule has 0 N–H and O–H groups in total. The summed E-state index contributed by atoms with van der Waals surface area (Å²) in [4.78, 5) is 10.5. The molecular weight excluding hydrogens is 168 g/mol. The van der Waals surface area contributed by atoms with E-state index in [9.17, 15) is 4.79 Å². The van der Waals surface area contributed by atoms with E-state index in [1.807, 2.05) is 31.2 Å². The number of rotatable bonds is 2. The quantitative estimate of drug-likeness (QED) is 0.544. The molecule has 1 aromatic carbocycles. The summed E-state index contributed by atoms with van der Waals surface area (Å²) in [6.07, 6.45) is 3.18. The van der Waals surface area contributed by atoms with Gasteiger partial charge in [0, 0.05) is 0 Å². The molecular formula is C10H10OS. The van der Waals surface area contributed by atoms with Gasteiger partial charge >= 0.3 is 0 Å². The van der Waals surface area contributed by atoms with Gasteiger partial charge in [-0.05, 0) is 18.6 Å². The van der Waals surface area contributed by atoms with E-state index in [1.165, 1.54) is 11.6 Å². The maximum absolute atomic E-state index is 10.5. The first-order valence-electron chi connectivity index (χ1n) is 3.66. The third-order valence-corrected chi connectivity index (χ3v) is 1.64. The molecule has 12 heavy (non-hydrogen) atoms. The second-order valence-corrected chi connectivity index (χ2v) is 3.02. The molecule has 0 atom stereocenters. The number of hydrogen-bond donors (Lipinski definition) is 1. The van der Waals surface area contributed by atoms with E-state index in [0.29, 0.717) is 0 Å². The van der Waals surface area contributed by atoms with E-state index in [-0.39, 0.29) is 5.12 Å². The molecule has 0 unspecified atom stereocenters. The number of carbonyl (C=O) groups is 1. The second kappa shape index (κ2) is 4.12. The lowest BCUT2D eigenvalue weighted by atomic mass is 10.1. The van der Waals surface area contributed by atoms with E-state index in [1.54, 1.807) is 6.08 Å².